The standard InChI is InChI=1S/C16H22ClN3O4/c1-2-15(9-17)12-11(22-16(23-12)6-3-4-7-16)13(24-15)20-8-5-10(18)19-14(20)21/h5,8,11-13H,2-4,6-7,9H2,1H3,(H2,18,19,21)/t11-,12+,13-,15+/m1/s1. The summed E-state index contributed by atoms with van der Waals surface area (Å²) in [5.41, 5.74) is 4.45. The molecule has 8 heteroatoms. The Morgan fingerprint density at radius 1 is 1.38 bits per heavy atom. The molecule has 132 valence electrons. The van der Waals surface area contributed by atoms with Gasteiger partial charge in [0.15, 0.2) is 12.0 Å². The SMILES string of the molecule is CC[C@@]1(CCl)O[C@@H](n2ccc(N)nc2=O)[C@@H]2OC3(CCCC3)O[C@@H]21. The predicted molar refractivity (Wildman–Crippen MR) is 87.7 cm³/mol. The number of nitrogens with two attached hydrogens (primary N) is 1. The number of nitrogen functional groups attached to an aromatic ring is 1. The Balaban J connectivity index is 1.74. The molecule has 24 heavy (non-hydrogen) atoms. The lowest BCUT2D eigenvalue weighted by atomic mass is 9.94. The van der Waals surface area contributed by atoms with Gasteiger partial charge in [-0.15, -0.1) is 11.6 Å². The summed E-state index contributed by atoms with van der Waals surface area (Å²) in [4.78, 5) is 16.1. The molecule has 2 N–H and O–H groups in total. The summed E-state index contributed by atoms with van der Waals surface area (Å²) in [5.74, 6) is -0.104. The highest BCUT2D eigenvalue weighted by atomic mass is 35.5. The zero-order valence-electron chi connectivity index (χ0n) is 13.6. The molecule has 2 saturated heterocycles. The van der Waals surface area contributed by atoms with Gasteiger partial charge in [0.1, 0.15) is 23.6 Å². The molecule has 3 heterocycles. The van der Waals surface area contributed by atoms with Gasteiger partial charge in [-0.3, -0.25) is 4.57 Å². The average molecular weight is 356 g/mol. The van der Waals surface area contributed by atoms with Gasteiger partial charge in [-0.05, 0) is 25.3 Å². The van der Waals surface area contributed by atoms with Gasteiger partial charge in [0, 0.05) is 19.0 Å². The number of alkyl halides is 1. The van der Waals surface area contributed by atoms with Crippen LogP contribution >= 0.6 is 11.6 Å². The van der Waals surface area contributed by atoms with Gasteiger partial charge in [-0.25, -0.2) is 4.79 Å². The monoisotopic (exact) mass is 355 g/mol. The molecule has 1 saturated carbocycles. The highest BCUT2D eigenvalue weighted by molar-refractivity contribution is 6.18. The first kappa shape index (κ1) is 16.3. The van der Waals surface area contributed by atoms with Crippen LogP contribution in [0, 0.1) is 0 Å². The average Bonchev–Trinajstić information content (AvgIpc) is 3.24. The molecule has 0 unspecified atom stereocenters. The van der Waals surface area contributed by atoms with Crippen molar-refractivity contribution in [1.29, 1.82) is 0 Å². The molecule has 4 rings (SSSR count). The van der Waals surface area contributed by atoms with Gasteiger partial charge in [-0.1, -0.05) is 6.92 Å². The third kappa shape index (κ3) is 2.29. The largest absolute Gasteiger partial charge is 0.383 e. The fraction of sp³-hybridized carbons (Fsp3) is 0.750. The number of rotatable bonds is 3. The van der Waals surface area contributed by atoms with Gasteiger partial charge in [0.25, 0.3) is 0 Å². The number of hydrogen-bond acceptors (Lipinski definition) is 6. The van der Waals surface area contributed by atoms with Crippen molar-refractivity contribution in [2.75, 3.05) is 11.6 Å². The molecule has 2 aliphatic heterocycles. The van der Waals surface area contributed by atoms with E-state index >= 15 is 0 Å². The second-order valence-corrected chi connectivity index (χ2v) is 7.11. The Bertz CT molecular complexity index is 684. The summed E-state index contributed by atoms with van der Waals surface area (Å²) in [7, 11) is 0. The van der Waals surface area contributed by atoms with Crippen LogP contribution in [0.15, 0.2) is 17.1 Å². The van der Waals surface area contributed by atoms with E-state index < -0.39 is 23.3 Å². The molecule has 0 bridgehead atoms. The fourth-order valence-electron chi connectivity index (χ4n) is 4.10. The lowest BCUT2D eigenvalue weighted by Gasteiger charge is -2.33. The van der Waals surface area contributed by atoms with E-state index in [1.807, 2.05) is 6.92 Å². The molecule has 0 radical (unpaired) electrons. The zero-order valence-corrected chi connectivity index (χ0v) is 14.4. The molecule has 7 nitrogen and oxygen atoms in total. The smallest absolute Gasteiger partial charge is 0.351 e. The van der Waals surface area contributed by atoms with Crippen LogP contribution in [0.4, 0.5) is 5.82 Å². The quantitative estimate of drug-likeness (QED) is 0.832. The molecule has 3 aliphatic rings. The van der Waals surface area contributed by atoms with Crippen LogP contribution < -0.4 is 11.4 Å². The summed E-state index contributed by atoms with van der Waals surface area (Å²) in [6.07, 6.45) is 4.85. The predicted octanol–water partition coefficient (Wildman–Crippen LogP) is 1.80. The highest BCUT2D eigenvalue weighted by Gasteiger charge is 2.64. The number of fused-ring (bicyclic) bond motifs is 1. The molecule has 1 aromatic rings. The first-order chi connectivity index (χ1) is 11.5. The van der Waals surface area contributed by atoms with Crippen LogP contribution in [0.5, 0.6) is 0 Å². The summed E-state index contributed by atoms with van der Waals surface area (Å²) < 4.78 is 20.3. The lowest BCUT2D eigenvalue weighted by molar-refractivity contribution is -0.230. The number of nitrogens with zero attached hydrogens (tertiary/aromatic N) is 2. The van der Waals surface area contributed by atoms with Crippen molar-refractivity contribution in [3.63, 3.8) is 0 Å². The normalized spacial score (nSPS) is 37.2. The molecule has 0 amide bonds. The van der Waals surface area contributed by atoms with Gasteiger partial charge < -0.3 is 19.9 Å². The second-order valence-electron chi connectivity index (χ2n) is 6.84. The lowest BCUT2D eigenvalue weighted by Crippen LogP contribution is -2.44. The van der Waals surface area contributed by atoms with Crippen molar-refractivity contribution in [2.24, 2.45) is 0 Å². The third-order valence-electron chi connectivity index (χ3n) is 5.46. The van der Waals surface area contributed by atoms with Gasteiger partial charge in [-0.2, -0.15) is 4.98 Å². The minimum Gasteiger partial charge on any atom is -0.383 e. The number of anilines is 1. The van der Waals surface area contributed by atoms with Crippen LogP contribution in [-0.2, 0) is 14.2 Å². The van der Waals surface area contributed by atoms with Crippen LogP contribution in [0.25, 0.3) is 0 Å². The van der Waals surface area contributed by atoms with E-state index in [9.17, 15) is 4.79 Å². The minimum absolute atomic E-state index is 0.181. The number of hydrogen-bond donors (Lipinski definition) is 1. The minimum atomic E-state index is -0.677. The van der Waals surface area contributed by atoms with E-state index in [1.165, 1.54) is 4.57 Å². The maximum atomic E-state index is 12.3. The number of ether oxygens (including phenoxy) is 3. The van der Waals surface area contributed by atoms with E-state index in [0.29, 0.717) is 6.42 Å². The Kier molecular flexibility index (Phi) is 3.87. The van der Waals surface area contributed by atoms with Crippen molar-refractivity contribution < 1.29 is 14.2 Å². The molecular weight excluding hydrogens is 334 g/mol. The zero-order chi connectivity index (χ0) is 16.9. The van der Waals surface area contributed by atoms with Crippen LogP contribution in [-0.4, -0.2) is 39.0 Å². The van der Waals surface area contributed by atoms with E-state index in [1.54, 1.807) is 12.3 Å². The first-order valence-corrected chi connectivity index (χ1v) is 9.00. The highest BCUT2D eigenvalue weighted by Crippen LogP contribution is 2.53. The maximum Gasteiger partial charge on any atom is 0.351 e. The topological polar surface area (TPSA) is 88.6 Å². The molecule has 4 atom stereocenters. The Labute approximate surface area is 145 Å². The van der Waals surface area contributed by atoms with E-state index in [-0.39, 0.29) is 23.9 Å². The van der Waals surface area contributed by atoms with Crippen molar-refractivity contribution in [3.05, 3.63) is 22.7 Å². The molecule has 3 fully saturated rings. The van der Waals surface area contributed by atoms with Crippen LogP contribution in [0.3, 0.4) is 0 Å². The number of aromatic nitrogens is 2. The van der Waals surface area contributed by atoms with Crippen LogP contribution in [0.1, 0.15) is 45.3 Å². The van der Waals surface area contributed by atoms with Crippen molar-refractivity contribution in [2.45, 2.75) is 68.9 Å². The van der Waals surface area contributed by atoms with Gasteiger partial charge >= 0.3 is 5.69 Å². The Hall–Kier alpha value is -1.15. The van der Waals surface area contributed by atoms with E-state index in [4.69, 9.17) is 31.5 Å². The summed E-state index contributed by atoms with van der Waals surface area (Å²) in [6.45, 7) is 2.01. The van der Waals surface area contributed by atoms with E-state index in [2.05, 4.69) is 4.98 Å². The summed E-state index contributed by atoms with van der Waals surface area (Å²) in [5, 5.41) is 0. The van der Waals surface area contributed by atoms with Crippen molar-refractivity contribution >= 4 is 17.4 Å². The summed E-state index contributed by atoms with van der Waals surface area (Å²) in [6, 6.07) is 1.58. The third-order valence-corrected chi connectivity index (χ3v) is 5.91. The van der Waals surface area contributed by atoms with Crippen LogP contribution in [0.2, 0.25) is 0 Å². The summed E-state index contributed by atoms with van der Waals surface area (Å²) >= 11 is 6.26. The second kappa shape index (κ2) is 5.69. The van der Waals surface area contributed by atoms with Crippen molar-refractivity contribution in [3.8, 4) is 0 Å². The van der Waals surface area contributed by atoms with Crippen molar-refractivity contribution in [1.82, 2.24) is 9.55 Å². The molecule has 1 aliphatic carbocycles. The Morgan fingerprint density at radius 3 is 2.75 bits per heavy atom. The molecule has 1 spiro atoms. The fourth-order valence-corrected chi connectivity index (χ4v) is 4.50. The van der Waals surface area contributed by atoms with E-state index in [0.717, 1.165) is 25.7 Å². The Morgan fingerprint density at radius 2 is 2.12 bits per heavy atom. The molecule has 1 aromatic heterocycles. The maximum absolute atomic E-state index is 12.3. The molecular formula is C16H22ClN3O4. The van der Waals surface area contributed by atoms with Gasteiger partial charge in [0.2, 0.25) is 0 Å². The number of halogens is 1. The molecule has 0 aromatic carbocycles. The first-order valence-electron chi connectivity index (χ1n) is 8.47. The van der Waals surface area contributed by atoms with Gasteiger partial charge in [0.05, 0.1) is 5.88 Å².